The van der Waals surface area contributed by atoms with Crippen LogP contribution in [0.5, 0.6) is 0 Å². The third-order valence-electron chi connectivity index (χ3n) is 3.16. The number of anilines is 1. The average Bonchev–Trinajstić information content (AvgIpc) is 2.49. The number of hydrogen-bond donors (Lipinski definition) is 3. The van der Waals surface area contributed by atoms with Crippen LogP contribution in [-0.4, -0.2) is 19.1 Å². The lowest BCUT2D eigenvalue weighted by molar-refractivity contribution is 0.252. The zero-order valence-electron chi connectivity index (χ0n) is 12.0. The lowest BCUT2D eigenvalue weighted by Gasteiger charge is -2.09. The molecule has 2 aromatic rings. The van der Waals surface area contributed by atoms with Crippen molar-refractivity contribution in [2.45, 2.75) is 12.8 Å². The summed E-state index contributed by atoms with van der Waals surface area (Å²) >= 11 is 0. The van der Waals surface area contributed by atoms with Crippen molar-refractivity contribution in [2.24, 2.45) is 5.73 Å². The first-order valence-electron chi connectivity index (χ1n) is 7.16. The summed E-state index contributed by atoms with van der Waals surface area (Å²) in [5.74, 6) is 0. The molecule has 0 saturated heterocycles. The maximum Gasteiger partial charge on any atom is 0.319 e. The summed E-state index contributed by atoms with van der Waals surface area (Å²) in [6.07, 6.45) is 1.63. The van der Waals surface area contributed by atoms with Crippen LogP contribution in [0.3, 0.4) is 0 Å². The van der Waals surface area contributed by atoms with Crippen LogP contribution in [0.4, 0.5) is 10.5 Å². The highest BCUT2D eigenvalue weighted by Gasteiger charge is 2.02. The number of nitrogens with one attached hydrogen (secondary N) is 2. The molecule has 21 heavy (non-hydrogen) atoms. The Bertz CT molecular complexity index is 569. The summed E-state index contributed by atoms with van der Waals surface area (Å²) in [6.45, 7) is 1.21. The zero-order valence-corrected chi connectivity index (χ0v) is 12.0. The summed E-state index contributed by atoms with van der Waals surface area (Å²) < 4.78 is 0. The molecule has 0 aromatic heterocycles. The van der Waals surface area contributed by atoms with Gasteiger partial charge in [-0.2, -0.15) is 0 Å². The second kappa shape index (κ2) is 8.07. The Hall–Kier alpha value is -2.33. The Morgan fingerprint density at radius 2 is 1.71 bits per heavy atom. The maximum atomic E-state index is 11.8. The topological polar surface area (TPSA) is 67.1 Å². The summed E-state index contributed by atoms with van der Waals surface area (Å²) in [7, 11) is 0. The van der Waals surface area contributed by atoms with Crippen molar-refractivity contribution in [3.8, 4) is 0 Å². The van der Waals surface area contributed by atoms with Crippen LogP contribution in [0.25, 0.3) is 0 Å². The number of carbonyl (C=O) groups is 1. The van der Waals surface area contributed by atoms with Crippen LogP contribution in [0.2, 0.25) is 0 Å². The van der Waals surface area contributed by atoms with E-state index in [-0.39, 0.29) is 6.03 Å². The predicted molar refractivity (Wildman–Crippen MR) is 86.4 cm³/mol. The maximum absolute atomic E-state index is 11.8. The Balaban J connectivity index is 1.78. The molecule has 4 nitrogen and oxygen atoms in total. The van der Waals surface area contributed by atoms with E-state index in [4.69, 9.17) is 5.73 Å². The summed E-state index contributed by atoms with van der Waals surface area (Å²) in [6, 6.07) is 17.6. The molecule has 0 spiro atoms. The van der Waals surface area contributed by atoms with Crippen molar-refractivity contribution in [2.75, 3.05) is 18.4 Å². The van der Waals surface area contributed by atoms with E-state index < -0.39 is 0 Å². The first-order chi connectivity index (χ1) is 10.3. The van der Waals surface area contributed by atoms with Crippen molar-refractivity contribution < 1.29 is 4.79 Å². The molecule has 4 heteroatoms. The van der Waals surface area contributed by atoms with Gasteiger partial charge >= 0.3 is 6.03 Å². The van der Waals surface area contributed by atoms with Gasteiger partial charge in [0.25, 0.3) is 0 Å². The number of carbonyl (C=O) groups excluding carboxylic acids is 1. The SMILES string of the molecule is NCCc1cccc(NC(=O)NCCc2ccccc2)c1. The van der Waals surface area contributed by atoms with Gasteiger partial charge in [-0.05, 0) is 42.6 Å². The van der Waals surface area contributed by atoms with Gasteiger partial charge in [0.1, 0.15) is 0 Å². The molecule has 0 aliphatic carbocycles. The van der Waals surface area contributed by atoms with Gasteiger partial charge in [0.05, 0.1) is 0 Å². The van der Waals surface area contributed by atoms with Crippen LogP contribution in [0.15, 0.2) is 54.6 Å². The molecule has 4 N–H and O–H groups in total. The molecular formula is C17H21N3O. The minimum Gasteiger partial charge on any atom is -0.338 e. The van der Waals surface area contributed by atoms with E-state index in [0.717, 1.165) is 24.1 Å². The molecular weight excluding hydrogens is 262 g/mol. The monoisotopic (exact) mass is 283 g/mol. The fraction of sp³-hybridized carbons (Fsp3) is 0.235. The molecule has 0 radical (unpaired) electrons. The highest BCUT2D eigenvalue weighted by atomic mass is 16.2. The summed E-state index contributed by atoms with van der Waals surface area (Å²) in [5, 5.41) is 5.69. The summed E-state index contributed by atoms with van der Waals surface area (Å²) in [4.78, 5) is 11.8. The van der Waals surface area contributed by atoms with Crippen molar-refractivity contribution in [1.82, 2.24) is 5.32 Å². The van der Waals surface area contributed by atoms with Crippen molar-refractivity contribution in [3.05, 3.63) is 65.7 Å². The van der Waals surface area contributed by atoms with E-state index in [9.17, 15) is 4.79 Å². The first-order valence-corrected chi connectivity index (χ1v) is 7.16. The molecule has 0 fully saturated rings. The number of nitrogens with two attached hydrogens (primary N) is 1. The van der Waals surface area contributed by atoms with Gasteiger partial charge in [-0.1, -0.05) is 42.5 Å². The van der Waals surface area contributed by atoms with E-state index in [0.29, 0.717) is 13.1 Å². The van der Waals surface area contributed by atoms with Gasteiger partial charge in [0.15, 0.2) is 0 Å². The molecule has 0 atom stereocenters. The minimum atomic E-state index is -0.184. The van der Waals surface area contributed by atoms with Gasteiger partial charge in [0, 0.05) is 12.2 Å². The number of benzene rings is 2. The number of urea groups is 1. The molecule has 0 aliphatic rings. The van der Waals surface area contributed by atoms with Crippen LogP contribution in [0.1, 0.15) is 11.1 Å². The van der Waals surface area contributed by atoms with E-state index in [1.807, 2.05) is 42.5 Å². The van der Waals surface area contributed by atoms with Gasteiger partial charge in [-0.15, -0.1) is 0 Å². The van der Waals surface area contributed by atoms with E-state index in [2.05, 4.69) is 22.8 Å². The standard InChI is InChI=1S/C17H21N3O/c18-11-9-15-7-4-8-16(13-15)20-17(21)19-12-10-14-5-2-1-3-6-14/h1-8,13H,9-12,18H2,(H2,19,20,21). The van der Waals surface area contributed by atoms with Gasteiger partial charge < -0.3 is 16.4 Å². The molecule has 2 aromatic carbocycles. The normalized spacial score (nSPS) is 10.1. The molecule has 0 aliphatic heterocycles. The average molecular weight is 283 g/mol. The van der Waals surface area contributed by atoms with Crippen LogP contribution in [0, 0.1) is 0 Å². The molecule has 110 valence electrons. The summed E-state index contributed by atoms with van der Waals surface area (Å²) in [5.41, 5.74) is 8.66. The van der Waals surface area contributed by atoms with Crippen LogP contribution >= 0.6 is 0 Å². The second-order valence-corrected chi connectivity index (χ2v) is 4.86. The van der Waals surface area contributed by atoms with Crippen molar-refractivity contribution in [3.63, 3.8) is 0 Å². The lowest BCUT2D eigenvalue weighted by atomic mass is 10.1. The quantitative estimate of drug-likeness (QED) is 0.762. The number of amides is 2. The smallest absolute Gasteiger partial charge is 0.319 e. The number of hydrogen-bond acceptors (Lipinski definition) is 2. The van der Waals surface area contributed by atoms with Crippen LogP contribution < -0.4 is 16.4 Å². The highest BCUT2D eigenvalue weighted by Crippen LogP contribution is 2.10. The van der Waals surface area contributed by atoms with Crippen molar-refractivity contribution in [1.29, 1.82) is 0 Å². The fourth-order valence-electron chi connectivity index (χ4n) is 2.11. The number of rotatable bonds is 6. The molecule has 0 saturated carbocycles. The Morgan fingerprint density at radius 3 is 2.48 bits per heavy atom. The van der Waals surface area contributed by atoms with Gasteiger partial charge in [-0.3, -0.25) is 0 Å². The Labute approximate surface area is 125 Å². The van der Waals surface area contributed by atoms with E-state index >= 15 is 0 Å². The zero-order chi connectivity index (χ0) is 14.9. The molecule has 0 unspecified atom stereocenters. The van der Waals surface area contributed by atoms with Gasteiger partial charge in [0.2, 0.25) is 0 Å². The van der Waals surface area contributed by atoms with Crippen molar-refractivity contribution >= 4 is 11.7 Å². The van der Waals surface area contributed by atoms with Gasteiger partial charge in [-0.25, -0.2) is 4.79 Å². The first kappa shape index (κ1) is 15.1. The molecule has 0 bridgehead atoms. The third-order valence-corrected chi connectivity index (χ3v) is 3.16. The Morgan fingerprint density at radius 1 is 0.952 bits per heavy atom. The molecule has 2 rings (SSSR count). The molecule has 0 heterocycles. The van der Waals surface area contributed by atoms with E-state index in [1.54, 1.807) is 0 Å². The second-order valence-electron chi connectivity index (χ2n) is 4.86. The van der Waals surface area contributed by atoms with E-state index in [1.165, 1.54) is 5.56 Å². The fourth-order valence-corrected chi connectivity index (χ4v) is 2.11. The minimum absolute atomic E-state index is 0.184. The Kier molecular flexibility index (Phi) is 5.79. The third kappa shape index (κ3) is 5.28. The largest absolute Gasteiger partial charge is 0.338 e. The highest BCUT2D eigenvalue weighted by molar-refractivity contribution is 5.89. The lowest BCUT2D eigenvalue weighted by Crippen LogP contribution is -2.30. The van der Waals surface area contributed by atoms with Crippen LogP contribution in [-0.2, 0) is 12.8 Å². The molecule has 2 amide bonds. The predicted octanol–water partition coefficient (Wildman–Crippen LogP) is 2.55.